The van der Waals surface area contributed by atoms with Crippen molar-refractivity contribution in [3.8, 4) is 12.3 Å². The molecule has 0 spiro atoms. The molecule has 18 heavy (non-hydrogen) atoms. The van der Waals surface area contributed by atoms with Gasteiger partial charge in [0.25, 0.3) is 0 Å². The van der Waals surface area contributed by atoms with E-state index in [9.17, 15) is 0 Å². The molecule has 0 heterocycles. The fourth-order valence-corrected chi connectivity index (χ4v) is 2.38. The Morgan fingerprint density at radius 2 is 1.83 bits per heavy atom. The van der Waals surface area contributed by atoms with Gasteiger partial charge >= 0.3 is 0 Å². The zero-order chi connectivity index (χ0) is 13.0. The largest absolute Gasteiger partial charge is 0.307 e. The molecule has 0 saturated carbocycles. The van der Waals surface area contributed by atoms with E-state index in [2.05, 4.69) is 67.5 Å². The molecule has 0 amide bonds. The van der Waals surface area contributed by atoms with Gasteiger partial charge in [-0.3, -0.25) is 0 Å². The van der Waals surface area contributed by atoms with E-state index < -0.39 is 0 Å². The van der Waals surface area contributed by atoms with Crippen molar-refractivity contribution in [2.75, 3.05) is 0 Å². The molecule has 1 N–H and O–H groups in total. The predicted molar refractivity (Wildman–Crippen MR) is 78.4 cm³/mol. The second kappa shape index (κ2) is 5.71. The SMILES string of the molecule is C#CCC(C)NC(C)c1cccc2ccccc12. The van der Waals surface area contributed by atoms with Gasteiger partial charge in [0.05, 0.1) is 0 Å². The first-order valence-electron chi connectivity index (χ1n) is 6.39. The van der Waals surface area contributed by atoms with Crippen molar-refractivity contribution < 1.29 is 0 Å². The summed E-state index contributed by atoms with van der Waals surface area (Å²) in [5.74, 6) is 2.70. The van der Waals surface area contributed by atoms with E-state index in [0.29, 0.717) is 12.1 Å². The van der Waals surface area contributed by atoms with Gasteiger partial charge in [-0.15, -0.1) is 12.3 Å². The summed E-state index contributed by atoms with van der Waals surface area (Å²) in [6.07, 6.45) is 6.10. The van der Waals surface area contributed by atoms with Gasteiger partial charge in [0.2, 0.25) is 0 Å². The topological polar surface area (TPSA) is 12.0 Å². The van der Waals surface area contributed by atoms with Crippen LogP contribution in [-0.2, 0) is 0 Å². The van der Waals surface area contributed by atoms with Crippen molar-refractivity contribution in [2.24, 2.45) is 0 Å². The minimum atomic E-state index is 0.305. The summed E-state index contributed by atoms with van der Waals surface area (Å²) in [4.78, 5) is 0. The van der Waals surface area contributed by atoms with Gasteiger partial charge in [-0.1, -0.05) is 42.5 Å². The molecule has 0 aromatic heterocycles. The summed E-state index contributed by atoms with van der Waals surface area (Å²) in [5, 5.41) is 6.14. The summed E-state index contributed by atoms with van der Waals surface area (Å²) in [6, 6.07) is 15.6. The zero-order valence-corrected chi connectivity index (χ0v) is 11.0. The van der Waals surface area contributed by atoms with Crippen LogP contribution in [0.15, 0.2) is 42.5 Å². The van der Waals surface area contributed by atoms with E-state index in [1.807, 2.05) is 0 Å². The highest BCUT2D eigenvalue weighted by Crippen LogP contribution is 2.24. The van der Waals surface area contributed by atoms with Crippen molar-refractivity contribution in [3.05, 3.63) is 48.0 Å². The molecular formula is C17H19N. The molecule has 0 aliphatic carbocycles. The van der Waals surface area contributed by atoms with Gasteiger partial charge in [0, 0.05) is 18.5 Å². The van der Waals surface area contributed by atoms with E-state index in [1.54, 1.807) is 0 Å². The molecule has 2 atom stereocenters. The minimum absolute atomic E-state index is 0.305. The molecular weight excluding hydrogens is 218 g/mol. The molecule has 2 rings (SSSR count). The smallest absolute Gasteiger partial charge is 0.0300 e. The molecule has 1 heteroatoms. The Labute approximate surface area is 109 Å². The molecule has 0 aliphatic heterocycles. The summed E-state index contributed by atoms with van der Waals surface area (Å²) >= 11 is 0. The molecule has 1 nitrogen and oxygen atoms in total. The van der Waals surface area contributed by atoms with Gasteiger partial charge in [0.15, 0.2) is 0 Å². The number of nitrogens with one attached hydrogen (secondary N) is 1. The van der Waals surface area contributed by atoms with Crippen molar-refractivity contribution in [2.45, 2.75) is 32.4 Å². The van der Waals surface area contributed by atoms with Crippen LogP contribution in [0.25, 0.3) is 10.8 Å². The fourth-order valence-electron chi connectivity index (χ4n) is 2.38. The fraction of sp³-hybridized carbons (Fsp3) is 0.294. The molecule has 92 valence electrons. The van der Waals surface area contributed by atoms with Crippen LogP contribution in [0.4, 0.5) is 0 Å². The van der Waals surface area contributed by atoms with Gasteiger partial charge in [0.1, 0.15) is 0 Å². The van der Waals surface area contributed by atoms with Crippen LogP contribution >= 0.6 is 0 Å². The van der Waals surface area contributed by atoms with E-state index >= 15 is 0 Å². The first-order valence-corrected chi connectivity index (χ1v) is 6.39. The van der Waals surface area contributed by atoms with Gasteiger partial charge in [-0.2, -0.15) is 0 Å². The number of hydrogen-bond donors (Lipinski definition) is 1. The van der Waals surface area contributed by atoms with Crippen molar-refractivity contribution in [1.82, 2.24) is 5.32 Å². The summed E-state index contributed by atoms with van der Waals surface area (Å²) < 4.78 is 0. The van der Waals surface area contributed by atoms with Crippen LogP contribution in [0, 0.1) is 12.3 Å². The molecule has 0 aliphatic rings. The normalized spacial score (nSPS) is 14.1. The lowest BCUT2D eigenvalue weighted by Crippen LogP contribution is -2.28. The Hall–Kier alpha value is -1.78. The lowest BCUT2D eigenvalue weighted by atomic mass is 9.99. The highest BCUT2D eigenvalue weighted by atomic mass is 14.9. The first-order chi connectivity index (χ1) is 8.72. The van der Waals surface area contributed by atoms with Gasteiger partial charge < -0.3 is 5.32 Å². The third-order valence-corrected chi connectivity index (χ3v) is 3.25. The summed E-state index contributed by atoms with van der Waals surface area (Å²) in [5.41, 5.74) is 1.33. The average Bonchev–Trinajstić information content (AvgIpc) is 2.38. The quantitative estimate of drug-likeness (QED) is 0.795. The van der Waals surface area contributed by atoms with E-state index in [-0.39, 0.29) is 0 Å². The lowest BCUT2D eigenvalue weighted by molar-refractivity contribution is 0.488. The third kappa shape index (κ3) is 2.72. The summed E-state index contributed by atoms with van der Waals surface area (Å²) in [6.45, 7) is 4.32. The number of hydrogen-bond acceptors (Lipinski definition) is 1. The Morgan fingerprint density at radius 3 is 2.61 bits per heavy atom. The van der Waals surface area contributed by atoms with Crippen molar-refractivity contribution in [3.63, 3.8) is 0 Å². The Kier molecular flexibility index (Phi) is 4.02. The van der Waals surface area contributed by atoms with E-state index in [1.165, 1.54) is 16.3 Å². The molecule has 0 radical (unpaired) electrons. The second-order valence-corrected chi connectivity index (χ2v) is 4.77. The maximum absolute atomic E-state index is 5.34. The maximum atomic E-state index is 5.34. The molecule has 2 aromatic carbocycles. The minimum Gasteiger partial charge on any atom is -0.307 e. The molecule has 2 aromatic rings. The third-order valence-electron chi connectivity index (χ3n) is 3.25. The van der Waals surface area contributed by atoms with Crippen molar-refractivity contribution in [1.29, 1.82) is 0 Å². The van der Waals surface area contributed by atoms with E-state index in [4.69, 9.17) is 6.42 Å². The van der Waals surface area contributed by atoms with Crippen LogP contribution in [0.2, 0.25) is 0 Å². The van der Waals surface area contributed by atoms with Crippen LogP contribution in [-0.4, -0.2) is 6.04 Å². The Morgan fingerprint density at radius 1 is 1.11 bits per heavy atom. The molecule has 0 saturated heterocycles. The zero-order valence-electron chi connectivity index (χ0n) is 11.0. The number of benzene rings is 2. The summed E-state index contributed by atoms with van der Waals surface area (Å²) in [7, 11) is 0. The van der Waals surface area contributed by atoms with Crippen LogP contribution < -0.4 is 5.32 Å². The van der Waals surface area contributed by atoms with Crippen LogP contribution in [0.3, 0.4) is 0 Å². The maximum Gasteiger partial charge on any atom is 0.0300 e. The standard InChI is InChI=1S/C17H19N/c1-4-8-13(2)18-14(3)16-12-7-10-15-9-5-6-11-17(15)16/h1,5-7,9-14,18H,8H2,2-3H3. The van der Waals surface area contributed by atoms with Gasteiger partial charge in [-0.25, -0.2) is 0 Å². The number of rotatable bonds is 4. The lowest BCUT2D eigenvalue weighted by Gasteiger charge is -2.20. The highest BCUT2D eigenvalue weighted by molar-refractivity contribution is 5.86. The predicted octanol–water partition coefficient (Wildman–Crippen LogP) is 3.90. The molecule has 0 bridgehead atoms. The molecule has 0 fully saturated rings. The van der Waals surface area contributed by atoms with Crippen LogP contribution in [0.5, 0.6) is 0 Å². The number of fused-ring (bicyclic) bond motifs is 1. The molecule has 2 unspecified atom stereocenters. The average molecular weight is 237 g/mol. The first kappa shape index (κ1) is 12.7. The second-order valence-electron chi connectivity index (χ2n) is 4.77. The Balaban J connectivity index is 2.28. The number of terminal acetylenes is 1. The Bertz CT molecular complexity index is 560. The van der Waals surface area contributed by atoms with E-state index in [0.717, 1.165) is 6.42 Å². The van der Waals surface area contributed by atoms with Gasteiger partial charge in [-0.05, 0) is 30.2 Å². The monoisotopic (exact) mass is 237 g/mol. The van der Waals surface area contributed by atoms with Crippen LogP contribution in [0.1, 0.15) is 31.9 Å². The highest BCUT2D eigenvalue weighted by Gasteiger charge is 2.11. The van der Waals surface area contributed by atoms with Crippen molar-refractivity contribution >= 4 is 10.8 Å².